The average molecular weight is 385 g/mol. The van der Waals surface area contributed by atoms with Crippen LogP contribution in [0.15, 0.2) is 18.2 Å². The van der Waals surface area contributed by atoms with Gasteiger partial charge in [-0.15, -0.1) is 0 Å². The Morgan fingerprint density at radius 2 is 2.00 bits per heavy atom. The van der Waals surface area contributed by atoms with E-state index < -0.39 is 21.7 Å². The predicted molar refractivity (Wildman–Crippen MR) is 99.7 cm³/mol. The number of aromatic nitrogens is 1. The monoisotopic (exact) mass is 384 g/mol. The number of hydrogen-bond acceptors (Lipinski definition) is 4. The van der Waals surface area contributed by atoms with Crippen molar-refractivity contribution in [1.29, 1.82) is 0 Å². The Morgan fingerprint density at radius 1 is 1.36 bits per heavy atom. The van der Waals surface area contributed by atoms with Crippen LogP contribution in [0.1, 0.15) is 49.7 Å². The maximum Gasteiger partial charge on any atom is 0.341 e. The zero-order chi connectivity index (χ0) is 18.9. The second-order valence-electron chi connectivity index (χ2n) is 6.64. The lowest BCUT2D eigenvalue weighted by Crippen LogP contribution is -2.34. The molecule has 0 aliphatic rings. The predicted octanol–water partition coefficient (Wildman–Crippen LogP) is 3.71. The minimum atomic E-state index is -1.28. The van der Waals surface area contributed by atoms with E-state index in [1.165, 1.54) is 13.2 Å². The molecule has 6 nitrogen and oxygen atoms in total. The van der Waals surface area contributed by atoms with Crippen LogP contribution in [0.5, 0.6) is 5.88 Å². The largest absolute Gasteiger partial charge is 0.480 e. The van der Waals surface area contributed by atoms with Crippen molar-refractivity contribution in [2.75, 3.05) is 7.11 Å². The third kappa shape index (κ3) is 4.29. The Balaban J connectivity index is 2.60. The summed E-state index contributed by atoms with van der Waals surface area (Å²) in [7, 11) is 0.0851. The van der Waals surface area contributed by atoms with Gasteiger partial charge in [-0.2, -0.15) is 0 Å². The summed E-state index contributed by atoms with van der Waals surface area (Å²) in [6.45, 7) is 7.48. The van der Waals surface area contributed by atoms with Crippen LogP contribution in [0, 0.1) is 0 Å². The molecule has 2 aromatic rings. The minimum Gasteiger partial charge on any atom is -0.480 e. The standard InChI is InChI=1S/C17H21ClN2O4S/c1-9(20-25(23)17(2,3)4)12-8-11(18)6-10-7-13(16(21)22)15(24-5)19-14(10)12/h6-9,20H,1-5H3,(H,21,22). The molecule has 1 heterocycles. The SMILES string of the molecule is COc1nc2c(C(C)NS(=O)C(C)(C)C)cc(Cl)cc2cc1C(=O)O. The van der Waals surface area contributed by atoms with Crippen molar-refractivity contribution in [2.24, 2.45) is 0 Å². The van der Waals surface area contributed by atoms with Crippen LogP contribution in [-0.4, -0.2) is 32.1 Å². The zero-order valence-corrected chi connectivity index (χ0v) is 16.3. The Kier molecular flexibility index (Phi) is 5.71. The van der Waals surface area contributed by atoms with E-state index in [0.717, 1.165) is 5.56 Å². The number of aromatic carboxylic acids is 1. The molecule has 0 radical (unpaired) electrons. The van der Waals surface area contributed by atoms with Gasteiger partial charge < -0.3 is 9.84 Å². The number of carbonyl (C=O) groups is 1. The zero-order valence-electron chi connectivity index (χ0n) is 14.7. The summed E-state index contributed by atoms with van der Waals surface area (Å²) in [5.74, 6) is -1.11. The second kappa shape index (κ2) is 7.27. The molecule has 0 amide bonds. The summed E-state index contributed by atoms with van der Waals surface area (Å²) in [5.41, 5.74) is 1.23. The molecule has 2 atom stereocenters. The van der Waals surface area contributed by atoms with Gasteiger partial charge in [0.2, 0.25) is 5.88 Å². The molecule has 0 aliphatic carbocycles. The van der Waals surface area contributed by atoms with E-state index in [2.05, 4.69) is 9.71 Å². The van der Waals surface area contributed by atoms with E-state index in [4.69, 9.17) is 16.3 Å². The first-order chi connectivity index (χ1) is 11.5. The van der Waals surface area contributed by atoms with Crippen LogP contribution in [0.4, 0.5) is 0 Å². The molecular formula is C17H21ClN2O4S. The van der Waals surface area contributed by atoms with Crippen LogP contribution in [0.3, 0.4) is 0 Å². The van der Waals surface area contributed by atoms with Crippen LogP contribution >= 0.6 is 11.6 Å². The average Bonchev–Trinajstić information content (AvgIpc) is 2.51. The smallest absolute Gasteiger partial charge is 0.341 e. The maximum absolute atomic E-state index is 12.4. The van der Waals surface area contributed by atoms with E-state index >= 15 is 0 Å². The molecular weight excluding hydrogens is 364 g/mol. The Morgan fingerprint density at radius 3 is 2.52 bits per heavy atom. The van der Waals surface area contributed by atoms with Gasteiger partial charge in [-0.25, -0.2) is 18.7 Å². The third-order valence-corrected chi connectivity index (χ3v) is 5.51. The van der Waals surface area contributed by atoms with Crippen molar-refractivity contribution in [3.05, 3.63) is 34.3 Å². The summed E-state index contributed by atoms with van der Waals surface area (Å²) >= 11 is 6.19. The van der Waals surface area contributed by atoms with Crippen molar-refractivity contribution < 1.29 is 18.8 Å². The Labute approximate surface area is 154 Å². The van der Waals surface area contributed by atoms with Crippen molar-refractivity contribution >= 4 is 39.5 Å². The first kappa shape index (κ1) is 19.6. The fourth-order valence-corrected chi connectivity index (χ4v) is 3.34. The highest BCUT2D eigenvalue weighted by molar-refractivity contribution is 7.84. The van der Waals surface area contributed by atoms with Gasteiger partial charge in [-0.05, 0) is 51.5 Å². The molecule has 0 aliphatic heterocycles. The van der Waals surface area contributed by atoms with Crippen molar-refractivity contribution in [3.8, 4) is 5.88 Å². The number of halogens is 1. The highest BCUT2D eigenvalue weighted by Crippen LogP contribution is 2.31. The summed E-state index contributed by atoms with van der Waals surface area (Å²) in [6, 6.07) is 4.54. The Hall–Kier alpha value is -1.70. The second-order valence-corrected chi connectivity index (χ2v) is 9.07. The number of hydrogen-bond donors (Lipinski definition) is 2. The first-order valence-corrected chi connectivity index (χ1v) is 9.17. The number of nitrogens with zero attached hydrogens (tertiary/aromatic N) is 1. The number of fused-ring (bicyclic) bond motifs is 1. The van der Waals surface area contributed by atoms with Crippen LogP contribution in [0.25, 0.3) is 10.9 Å². The van der Waals surface area contributed by atoms with E-state index in [1.54, 1.807) is 12.1 Å². The van der Waals surface area contributed by atoms with Gasteiger partial charge in [0.05, 0.1) is 28.4 Å². The number of carboxylic acid groups (broad SMARTS) is 1. The number of rotatable bonds is 5. The third-order valence-electron chi connectivity index (χ3n) is 3.61. The molecule has 0 fully saturated rings. The summed E-state index contributed by atoms with van der Waals surface area (Å²) in [5, 5.41) is 10.3. The van der Waals surface area contributed by atoms with Gasteiger partial charge in [0, 0.05) is 16.5 Å². The Bertz CT molecular complexity index is 849. The summed E-state index contributed by atoms with van der Waals surface area (Å²) < 4.78 is 20.1. The van der Waals surface area contributed by atoms with Gasteiger partial charge in [-0.1, -0.05) is 11.6 Å². The van der Waals surface area contributed by atoms with Gasteiger partial charge in [0.1, 0.15) is 5.56 Å². The summed E-state index contributed by atoms with van der Waals surface area (Å²) in [4.78, 5) is 15.7. The number of methoxy groups -OCH3 is 1. The topological polar surface area (TPSA) is 88.5 Å². The minimum absolute atomic E-state index is 0.0210. The van der Waals surface area contributed by atoms with Crippen LogP contribution < -0.4 is 9.46 Å². The van der Waals surface area contributed by atoms with E-state index in [-0.39, 0.29) is 17.5 Å². The van der Waals surface area contributed by atoms with Crippen molar-refractivity contribution in [2.45, 2.75) is 38.5 Å². The van der Waals surface area contributed by atoms with E-state index in [0.29, 0.717) is 15.9 Å². The molecule has 2 rings (SSSR count). The number of carboxylic acids is 1. The van der Waals surface area contributed by atoms with E-state index in [1.807, 2.05) is 27.7 Å². The van der Waals surface area contributed by atoms with Crippen molar-refractivity contribution in [1.82, 2.24) is 9.71 Å². The van der Waals surface area contributed by atoms with Crippen LogP contribution in [-0.2, 0) is 11.0 Å². The highest BCUT2D eigenvalue weighted by Gasteiger charge is 2.24. The van der Waals surface area contributed by atoms with Gasteiger partial charge in [0.25, 0.3) is 0 Å². The molecule has 0 bridgehead atoms. The number of pyridine rings is 1. The fourth-order valence-electron chi connectivity index (χ4n) is 2.30. The quantitative estimate of drug-likeness (QED) is 0.820. The number of ether oxygens (including phenoxy) is 1. The molecule has 0 spiro atoms. The molecule has 0 saturated heterocycles. The lowest BCUT2D eigenvalue weighted by atomic mass is 10.0. The molecule has 25 heavy (non-hydrogen) atoms. The molecule has 2 unspecified atom stereocenters. The van der Waals surface area contributed by atoms with E-state index in [9.17, 15) is 14.1 Å². The number of nitrogens with one attached hydrogen (secondary N) is 1. The molecule has 0 saturated carbocycles. The molecule has 1 aromatic carbocycles. The highest BCUT2D eigenvalue weighted by atomic mass is 35.5. The summed E-state index contributed by atoms with van der Waals surface area (Å²) in [6.07, 6.45) is 0. The van der Waals surface area contributed by atoms with Crippen molar-refractivity contribution in [3.63, 3.8) is 0 Å². The molecule has 8 heteroatoms. The van der Waals surface area contributed by atoms with Gasteiger partial charge in [0.15, 0.2) is 0 Å². The van der Waals surface area contributed by atoms with Crippen LogP contribution in [0.2, 0.25) is 5.02 Å². The normalized spacial score (nSPS) is 14.3. The molecule has 136 valence electrons. The van der Waals surface area contributed by atoms with Gasteiger partial charge >= 0.3 is 5.97 Å². The lowest BCUT2D eigenvalue weighted by Gasteiger charge is -2.23. The molecule has 1 aromatic heterocycles. The fraction of sp³-hybridized carbons (Fsp3) is 0.412. The first-order valence-electron chi connectivity index (χ1n) is 7.64. The van der Waals surface area contributed by atoms with Gasteiger partial charge in [-0.3, -0.25) is 0 Å². The number of benzene rings is 1. The maximum atomic E-state index is 12.4. The lowest BCUT2D eigenvalue weighted by molar-refractivity contribution is 0.0692. The molecule has 2 N–H and O–H groups in total.